The molecule has 8 heteroatoms. The summed E-state index contributed by atoms with van der Waals surface area (Å²) >= 11 is 0. The van der Waals surface area contributed by atoms with Crippen molar-refractivity contribution in [3.05, 3.63) is 59.7 Å². The van der Waals surface area contributed by atoms with Gasteiger partial charge in [0, 0.05) is 6.07 Å². The third-order valence-corrected chi connectivity index (χ3v) is 3.19. The van der Waals surface area contributed by atoms with E-state index in [0.717, 1.165) is 11.6 Å². The second-order valence-electron chi connectivity index (χ2n) is 4.44. The van der Waals surface area contributed by atoms with Gasteiger partial charge in [0.25, 0.3) is 0 Å². The lowest BCUT2D eigenvalue weighted by molar-refractivity contribution is 0.0600. The van der Waals surface area contributed by atoms with Crippen LogP contribution in [0.5, 0.6) is 11.5 Å². The summed E-state index contributed by atoms with van der Waals surface area (Å²) < 4.78 is 45.2. The summed E-state index contributed by atoms with van der Waals surface area (Å²) in [5.41, 5.74) is 0.903. The van der Waals surface area contributed by atoms with Crippen molar-refractivity contribution < 1.29 is 31.4 Å². The Morgan fingerprint density at radius 1 is 1.09 bits per heavy atom. The maximum atomic E-state index is 11.5. The molecule has 2 aromatic carbocycles. The van der Waals surface area contributed by atoms with Gasteiger partial charge in [0.1, 0.15) is 6.61 Å². The van der Waals surface area contributed by atoms with E-state index in [9.17, 15) is 13.2 Å². The lowest BCUT2D eigenvalue weighted by Crippen LogP contribution is -2.10. The van der Waals surface area contributed by atoms with Crippen molar-refractivity contribution in [1.82, 2.24) is 0 Å². The molecule has 0 atom stereocenters. The average Bonchev–Trinajstić information content (AvgIpc) is 2.52. The van der Waals surface area contributed by atoms with E-state index in [0.29, 0.717) is 0 Å². The predicted molar refractivity (Wildman–Crippen MR) is 80.7 cm³/mol. The third kappa shape index (κ3) is 4.97. The summed E-state index contributed by atoms with van der Waals surface area (Å²) in [6.07, 6.45) is 0. The second kappa shape index (κ2) is 7.12. The topological polar surface area (TPSA) is 99.1 Å². The van der Waals surface area contributed by atoms with Crippen molar-refractivity contribution in [2.45, 2.75) is 6.61 Å². The molecule has 0 saturated carbocycles. The molecule has 0 aliphatic carbocycles. The number of carbonyl (C=O) groups excluding carboxylic acids is 1. The van der Waals surface area contributed by atoms with Gasteiger partial charge in [-0.2, -0.15) is 8.42 Å². The fourth-order valence-electron chi connectivity index (χ4n) is 1.79. The molecule has 23 heavy (non-hydrogen) atoms. The first-order valence-electron chi connectivity index (χ1n) is 6.45. The molecule has 0 bridgehead atoms. The minimum Gasteiger partial charge on any atom is -0.485 e. The van der Waals surface area contributed by atoms with Crippen LogP contribution >= 0.6 is 0 Å². The van der Waals surface area contributed by atoms with E-state index in [2.05, 4.69) is 8.92 Å². The van der Waals surface area contributed by atoms with Crippen LogP contribution in [0.3, 0.4) is 0 Å². The second-order valence-corrected chi connectivity index (χ2v) is 5.46. The molecule has 2 aromatic rings. The summed E-state index contributed by atoms with van der Waals surface area (Å²) in [6.45, 7) is 0.153. The summed E-state index contributed by atoms with van der Waals surface area (Å²) in [6, 6.07) is 13.0. The number of methoxy groups -OCH3 is 1. The highest BCUT2D eigenvalue weighted by molar-refractivity contribution is 7.81. The molecule has 0 aromatic heterocycles. The maximum absolute atomic E-state index is 11.5. The van der Waals surface area contributed by atoms with Crippen LogP contribution in [0.1, 0.15) is 15.9 Å². The fraction of sp³-hybridized carbons (Fsp3) is 0.133. The molecular formula is C15H14O7S. The monoisotopic (exact) mass is 338 g/mol. The SMILES string of the molecule is COC(=O)c1ccc(OCc2ccccc2)c(OS(=O)(=O)O)c1. The van der Waals surface area contributed by atoms with E-state index in [1.165, 1.54) is 19.2 Å². The maximum Gasteiger partial charge on any atom is 0.446 e. The van der Waals surface area contributed by atoms with Crippen molar-refractivity contribution in [3.63, 3.8) is 0 Å². The largest absolute Gasteiger partial charge is 0.485 e. The van der Waals surface area contributed by atoms with Crippen molar-refractivity contribution in [1.29, 1.82) is 0 Å². The summed E-state index contributed by atoms with van der Waals surface area (Å²) in [5, 5.41) is 0. The van der Waals surface area contributed by atoms with Gasteiger partial charge in [-0.25, -0.2) is 4.79 Å². The molecule has 2 rings (SSSR count). The molecule has 122 valence electrons. The van der Waals surface area contributed by atoms with Gasteiger partial charge in [0.15, 0.2) is 11.5 Å². The van der Waals surface area contributed by atoms with Crippen molar-refractivity contribution in [2.75, 3.05) is 7.11 Å². The first-order chi connectivity index (χ1) is 10.9. The number of hydrogen-bond acceptors (Lipinski definition) is 6. The first-order valence-corrected chi connectivity index (χ1v) is 7.81. The Morgan fingerprint density at radius 2 is 1.78 bits per heavy atom. The smallest absolute Gasteiger partial charge is 0.446 e. The lowest BCUT2D eigenvalue weighted by atomic mass is 10.2. The molecular weight excluding hydrogens is 324 g/mol. The minimum atomic E-state index is -4.76. The van der Waals surface area contributed by atoms with E-state index < -0.39 is 16.4 Å². The van der Waals surface area contributed by atoms with Crippen LogP contribution in [0.2, 0.25) is 0 Å². The molecule has 0 heterocycles. The number of ether oxygens (including phenoxy) is 2. The number of carbonyl (C=O) groups is 1. The van der Waals surface area contributed by atoms with Gasteiger partial charge in [-0.1, -0.05) is 30.3 Å². The molecule has 0 spiro atoms. The Labute approximate surface area is 133 Å². The van der Waals surface area contributed by atoms with Gasteiger partial charge in [0.05, 0.1) is 12.7 Å². The van der Waals surface area contributed by atoms with Crippen molar-refractivity contribution >= 4 is 16.4 Å². The van der Waals surface area contributed by atoms with Gasteiger partial charge < -0.3 is 13.7 Å². The Balaban J connectivity index is 2.28. The van der Waals surface area contributed by atoms with E-state index in [1.807, 2.05) is 30.3 Å². The normalized spacial score (nSPS) is 10.9. The highest BCUT2D eigenvalue weighted by Gasteiger charge is 2.17. The van der Waals surface area contributed by atoms with Crippen LogP contribution in [0.4, 0.5) is 0 Å². The Morgan fingerprint density at radius 3 is 2.39 bits per heavy atom. The number of benzene rings is 2. The molecule has 7 nitrogen and oxygen atoms in total. The molecule has 1 N–H and O–H groups in total. The molecule has 0 fully saturated rings. The van der Waals surface area contributed by atoms with Gasteiger partial charge in [-0.05, 0) is 17.7 Å². The highest BCUT2D eigenvalue weighted by Crippen LogP contribution is 2.30. The zero-order chi connectivity index (χ0) is 16.9. The van der Waals surface area contributed by atoms with Gasteiger partial charge >= 0.3 is 16.4 Å². The highest BCUT2D eigenvalue weighted by atomic mass is 32.3. The Bertz CT molecular complexity index is 785. The molecule has 0 radical (unpaired) electrons. The van der Waals surface area contributed by atoms with Crippen molar-refractivity contribution in [2.24, 2.45) is 0 Å². The lowest BCUT2D eigenvalue weighted by Gasteiger charge is -2.12. The van der Waals surface area contributed by atoms with Crippen LogP contribution in [0.15, 0.2) is 48.5 Å². The number of hydrogen-bond donors (Lipinski definition) is 1. The van der Waals surface area contributed by atoms with Gasteiger partial charge in [0.2, 0.25) is 0 Å². The van der Waals surface area contributed by atoms with E-state index >= 15 is 0 Å². The predicted octanol–water partition coefficient (Wildman–Crippen LogP) is 2.23. The molecule has 0 aliphatic heterocycles. The van der Waals surface area contributed by atoms with E-state index in [4.69, 9.17) is 9.29 Å². The third-order valence-electron chi connectivity index (χ3n) is 2.80. The Hall–Kier alpha value is -2.58. The van der Waals surface area contributed by atoms with Crippen LogP contribution < -0.4 is 8.92 Å². The first kappa shape index (κ1) is 16.8. The van der Waals surface area contributed by atoms with Crippen LogP contribution in [0, 0.1) is 0 Å². The fourth-order valence-corrected chi connectivity index (χ4v) is 2.14. The number of esters is 1. The van der Waals surface area contributed by atoms with Crippen molar-refractivity contribution in [3.8, 4) is 11.5 Å². The zero-order valence-corrected chi connectivity index (χ0v) is 12.9. The molecule has 0 unspecified atom stereocenters. The number of rotatable bonds is 6. The van der Waals surface area contributed by atoms with Crippen LogP contribution in [0.25, 0.3) is 0 Å². The quantitative estimate of drug-likeness (QED) is 0.637. The average molecular weight is 338 g/mol. The molecule has 0 amide bonds. The van der Waals surface area contributed by atoms with Crippen LogP contribution in [-0.2, 0) is 21.7 Å². The molecule has 0 aliphatic rings. The van der Waals surface area contributed by atoms with Crippen LogP contribution in [-0.4, -0.2) is 26.0 Å². The standard InChI is InChI=1S/C15H14O7S/c1-20-15(16)12-7-8-13(14(9-12)22-23(17,18)19)21-10-11-5-3-2-4-6-11/h2-9H,10H2,1H3,(H,17,18,19). The van der Waals surface area contributed by atoms with E-state index in [1.54, 1.807) is 0 Å². The van der Waals surface area contributed by atoms with Gasteiger partial charge in [-0.3, -0.25) is 4.55 Å². The molecule has 0 saturated heterocycles. The minimum absolute atomic E-state index is 0.0539. The van der Waals surface area contributed by atoms with Gasteiger partial charge in [-0.15, -0.1) is 0 Å². The zero-order valence-electron chi connectivity index (χ0n) is 12.1. The summed E-state index contributed by atoms with van der Waals surface area (Å²) in [7, 11) is -3.58. The summed E-state index contributed by atoms with van der Waals surface area (Å²) in [5.74, 6) is -0.940. The van der Waals surface area contributed by atoms with E-state index in [-0.39, 0.29) is 23.7 Å². The summed E-state index contributed by atoms with van der Waals surface area (Å²) in [4.78, 5) is 11.5. The Kier molecular flexibility index (Phi) is 5.20.